The van der Waals surface area contributed by atoms with Gasteiger partial charge in [-0.05, 0) is 32.4 Å². The first kappa shape index (κ1) is 8.97. The Hall–Kier alpha value is -0.610. The average Bonchev–Trinajstić information content (AvgIpc) is 2.29. The van der Waals surface area contributed by atoms with Crippen molar-refractivity contribution in [2.24, 2.45) is 0 Å². The first-order valence-electron chi connectivity index (χ1n) is 5.03. The molecular weight excluding hydrogens is 166 g/mol. The van der Waals surface area contributed by atoms with Crippen molar-refractivity contribution in [1.82, 2.24) is 16.0 Å². The Morgan fingerprint density at radius 1 is 1.15 bits per heavy atom. The second-order valence-corrected chi connectivity index (χ2v) is 4.04. The molecule has 1 unspecified atom stereocenters. The molecular formula is C9H17N3O. The van der Waals surface area contributed by atoms with Gasteiger partial charge in [0.1, 0.15) is 0 Å². The largest absolute Gasteiger partial charge is 0.348 e. The smallest absolute Gasteiger partial charge is 0.234 e. The second-order valence-electron chi connectivity index (χ2n) is 4.04. The summed E-state index contributed by atoms with van der Waals surface area (Å²) in [6.07, 6.45) is 3.33. The maximum Gasteiger partial charge on any atom is 0.234 e. The van der Waals surface area contributed by atoms with Gasteiger partial charge in [0.05, 0.1) is 12.1 Å². The summed E-state index contributed by atoms with van der Waals surface area (Å²) in [5, 5.41) is 9.61. The predicted molar refractivity (Wildman–Crippen MR) is 50.5 cm³/mol. The molecule has 4 nitrogen and oxygen atoms in total. The number of hydrogen-bond acceptors (Lipinski definition) is 3. The van der Waals surface area contributed by atoms with E-state index in [1.165, 1.54) is 6.42 Å². The molecule has 0 aromatic heterocycles. The van der Waals surface area contributed by atoms with Gasteiger partial charge < -0.3 is 16.0 Å². The maximum atomic E-state index is 11.4. The van der Waals surface area contributed by atoms with Gasteiger partial charge in [-0.2, -0.15) is 0 Å². The van der Waals surface area contributed by atoms with Gasteiger partial charge in [0, 0.05) is 6.54 Å². The zero-order valence-electron chi connectivity index (χ0n) is 7.86. The van der Waals surface area contributed by atoms with Crippen LogP contribution in [0.1, 0.15) is 19.3 Å². The first-order valence-corrected chi connectivity index (χ1v) is 5.03. The lowest BCUT2D eigenvalue weighted by atomic mass is 9.87. The van der Waals surface area contributed by atoms with Gasteiger partial charge in [0.2, 0.25) is 5.91 Å². The molecule has 2 saturated heterocycles. The lowest BCUT2D eigenvalue weighted by Crippen LogP contribution is -2.57. The molecule has 3 N–H and O–H groups in total. The summed E-state index contributed by atoms with van der Waals surface area (Å²) in [5.41, 5.74) is 0.0405. The Bertz CT molecular complexity index is 199. The van der Waals surface area contributed by atoms with Crippen LogP contribution in [0.4, 0.5) is 0 Å². The number of hydrogen-bond donors (Lipinski definition) is 3. The molecule has 74 valence electrons. The van der Waals surface area contributed by atoms with Gasteiger partial charge in [-0.3, -0.25) is 4.79 Å². The Labute approximate surface area is 78.5 Å². The van der Waals surface area contributed by atoms with Crippen LogP contribution in [0, 0.1) is 0 Å². The van der Waals surface area contributed by atoms with E-state index in [1.54, 1.807) is 0 Å². The molecule has 1 atom stereocenters. The SMILES string of the molecule is O=C1CNCCC2(CCCNC2)N1. The van der Waals surface area contributed by atoms with E-state index in [9.17, 15) is 4.79 Å². The average molecular weight is 183 g/mol. The monoisotopic (exact) mass is 183 g/mol. The first-order chi connectivity index (χ1) is 6.31. The lowest BCUT2D eigenvalue weighted by molar-refractivity contribution is -0.121. The molecule has 2 fully saturated rings. The van der Waals surface area contributed by atoms with Gasteiger partial charge in [0.15, 0.2) is 0 Å². The molecule has 0 saturated carbocycles. The third-order valence-electron chi connectivity index (χ3n) is 2.94. The highest BCUT2D eigenvalue weighted by atomic mass is 16.2. The van der Waals surface area contributed by atoms with Crippen LogP contribution in [0.3, 0.4) is 0 Å². The van der Waals surface area contributed by atoms with E-state index in [1.807, 2.05) is 0 Å². The molecule has 2 heterocycles. The van der Waals surface area contributed by atoms with Crippen LogP contribution in [0.25, 0.3) is 0 Å². The Balaban J connectivity index is 2.04. The highest BCUT2D eigenvalue weighted by Crippen LogP contribution is 2.20. The molecule has 2 aliphatic rings. The normalized spacial score (nSPS) is 35.5. The lowest BCUT2D eigenvalue weighted by Gasteiger charge is -2.37. The second kappa shape index (κ2) is 3.64. The van der Waals surface area contributed by atoms with Crippen molar-refractivity contribution in [3.8, 4) is 0 Å². The molecule has 0 bridgehead atoms. The molecule has 0 aromatic rings. The fourth-order valence-corrected chi connectivity index (χ4v) is 2.22. The molecule has 0 radical (unpaired) electrons. The van der Waals surface area contributed by atoms with Crippen LogP contribution in [0.2, 0.25) is 0 Å². The number of amides is 1. The van der Waals surface area contributed by atoms with Crippen molar-refractivity contribution in [3.05, 3.63) is 0 Å². The van der Waals surface area contributed by atoms with Crippen LogP contribution >= 0.6 is 0 Å². The van der Waals surface area contributed by atoms with Gasteiger partial charge >= 0.3 is 0 Å². The van der Waals surface area contributed by atoms with E-state index in [2.05, 4.69) is 16.0 Å². The molecule has 1 amide bonds. The summed E-state index contributed by atoms with van der Waals surface area (Å²) in [6.45, 7) is 3.44. The van der Waals surface area contributed by atoms with Crippen molar-refractivity contribution >= 4 is 5.91 Å². The van der Waals surface area contributed by atoms with Crippen LogP contribution in [-0.4, -0.2) is 37.6 Å². The molecule has 4 heteroatoms. The molecule has 0 aliphatic carbocycles. The minimum Gasteiger partial charge on any atom is -0.348 e. The van der Waals surface area contributed by atoms with E-state index in [0.717, 1.165) is 32.5 Å². The van der Waals surface area contributed by atoms with Crippen molar-refractivity contribution in [2.75, 3.05) is 26.2 Å². The van der Waals surface area contributed by atoms with Crippen molar-refractivity contribution in [2.45, 2.75) is 24.8 Å². The Kier molecular flexibility index (Phi) is 2.51. The predicted octanol–water partition coefficient (Wildman–Crippen LogP) is -0.782. The Morgan fingerprint density at radius 3 is 2.85 bits per heavy atom. The molecule has 2 aliphatic heterocycles. The summed E-state index contributed by atoms with van der Waals surface area (Å²) >= 11 is 0. The topological polar surface area (TPSA) is 53.2 Å². The van der Waals surface area contributed by atoms with Crippen LogP contribution in [-0.2, 0) is 4.79 Å². The summed E-state index contributed by atoms with van der Waals surface area (Å²) in [5.74, 6) is 0.140. The van der Waals surface area contributed by atoms with E-state index in [4.69, 9.17) is 0 Å². The maximum absolute atomic E-state index is 11.4. The summed E-state index contributed by atoms with van der Waals surface area (Å²) in [4.78, 5) is 11.4. The number of carbonyl (C=O) groups is 1. The van der Waals surface area contributed by atoms with Gasteiger partial charge in [-0.15, -0.1) is 0 Å². The number of carbonyl (C=O) groups excluding carboxylic acids is 1. The molecule has 0 aromatic carbocycles. The number of nitrogens with one attached hydrogen (secondary N) is 3. The molecule has 1 spiro atoms. The standard InChI is InChI=1S/C9H17N3O/c13-8-6-10-5-3-9(12-8)2-1-4-11-7-9/h10-11H,1-7H2,(H,12,13). The zero-order chi connectivity index (χ0) is 9.15. The summed E-state index contributed by atoms with van der Waals surface area (Å²) < 4.78 is 0. The van der Waals surface area contributed by atoms with Crippen LogP contribution in [0.5, 0.6) is 0 Å². The van der Waals surface area contributed by atoms with Crippen molar-refractivity contribution in [3.63, 3.8) is 0 Å². The summed E-state index contributed by atoms with van der Waals surface area (Å²) in [7, 11) is 0. The highest BCUT2D eigenvalue weighted by Gasteiger charge is 2.34. The van der Waals surface area contributed by atoms with Crippen LogP contribution in [0.15, 0.2) is 0 Å². The molecule has 13 heavy (non-hydrogen) atoms. The fraction of sp³-hybridized carbons (Fsp3) is 0.889. The number of piperidine rings is 1. The third-order valence-corrected chi connectivity index (χ3v) is 2.94. The van der Waals surface area contributed by atoms with Crippen molar-refractivity contribution < 1.29 is 4.79 Å². The minimum absolute atomic E-state index is 0.0405. The van der Waals surface area contributed by atoms with Crippen LogP contribution < -0.4 is 16.0 Å². The van der Waals surface area contributed by atoms with Crippen molar-refractivity contribution in [1.29, 1.82) is 0 Å². The zero-order valence-corrected chi connectivity index (χ0v) is 7.86. The highest BCUT2D eigenvalue weighted by molar-refractivity contribution is 5.79. The van der Waals surface area contributed by atoms with E-state index in [0.29, 0.717) is 6.54 Å². The van der Waals surface area contributed by atoms with E-state index >= 15 is 0 Å². The summed E-state index contributed by atoms with van der Waals surface area (Å²) in [6, 6.07) is 0. The Morgan fingerprint density at radius 2 is 2.08 bits per heavy atom. The minimum atomic E-state index is 0.0405. The van der Waals surface area contributed by atoms with E-state index in [-0.39, 0.29) is 11.4 Å². The van der Waals surface area contributed by atoms with Gasteiger partial charge in [-0.25, -0.2) is 0 Å². The number of rotatable bonds is 0. The fourth-order valence-electron chi connectivity index (χ4n) is 2.22. The van der Waals surface area contributed by atoms with E-state index < -0.39 is 0 Å². The van der Waals surface area contributed by atoms with Gasteiger partial charge in [-0.1, -0.05) is 0 Å². The van der Waals surface area contributed by atoms with Gasteiger partial charge in [0.25, 0.3) is 0 Å². The third kappa shape index (κ3) is 2.00. The quantitative estimate of drug-likeness (QED) is 0.462. The molecule has 2 rings (SSSR count).